The third-order valence-corrected chi connectivity index (χ3v) is 10.2. The Balaban J connectivity index is 1.28. The maximum atomic E-state index is 13.4. The molecular formula is C24H27ClN4O4S2. The number of amides is 1. The second-order valence-electron chi connectivity index (χ2n) is 8.80. The highest BCUT2D eigenvalue weighted by Gasteiger charge is 2.41. The normalized spacial score (nSPS) is 19.5. The molecule has 186 valence electrons. The van der Waals surface area contributed by atoms with Crippen LogP contribution in [0, 0.1) is 6.92 Å². The number of halogens is 1. The van der Waals surface area contributed by atoms with Crippen LogP contribution >= 0.6 is 22.9 Å². The van der Waals surface area contributed by atoms with Crippen molar-refractivity contribution in [3.63, 3.8) is 0 Å². The van der Waals surface area contributed by atoms with Crippen molar-refractivity contribution in [1.82, 2.24) is 14.2 Å². The summed E-state index contributed by atoms with van der Waals surface area (Å²) in [6.45, 7) is 4.69. The summed E-state index contributed by atoms with van der Waals surface area (Å²) in [5.41, 5.74) is 2.00. The van der Waals surface area contributed by atoms with E-state index >= 15 is 0 Å². The highest BCUT2D eigenvalue weighted by Crippen LogP contribution is 2.36. The zero-order valence-corrected chi connectivity index (χ0v) is 22.0. The third kappa shape index (κ3) is 4.48. The van der Waals surface area contributed by atoms with Gasteiger partial charge in [-0.3, -0.25) is 4.79 Å². The number of carbonyl (C=O) groups is 1. The molecule has 3 aromatic rings. The average molecular weight is 535 g/mol. The van der Waals surface area contributed by atoms with Crippen LogP contribution in [0.15, 0.2) is 41.3 Å². The summed E-state index contributed by atoms with van der Waals surface area (Å²) in [4.78, 5) is 22.3. The smallest absolute Gasteiger partial charge is 0.243 e. The Morgan fingerprint density at radius 1 is 1.09 bits per heavy atom. The molecule has 1 atom stereocenters. The number of ether oxygens (including phenoxy) is 1. The molecule has 2 aliphatic heterocycles. The minimum Gasteiger partial charge on any atom is -0.497 e. The lowest BCUT2D eigenvalue weighted by Gasteiger charge is -2.37. The van der Waals surface area contributed by atoms with Crippen molar-refractivity contribution in [1.29, 1.82) is 0 Å². The quantitative estimate of drug-likeness (QED) is 0.495. The van der Waals surface area contributed by atoms with Crippen LogP contribution in [0.2, 0.25) is 5.02 Å². The summed E-state index contributed by atoms with van der Waals surface area (Å²) < 4.78 is 34.1. The molecule has 2 aromatic carbocycles. The Morgan fingerprint density at radius 3 is 2.46 bits per heavy atom. The lowest BCUT2D eigenvalue weighted by Crippen LogP contribution is -2.54. The molecule has 1 amide bonds. The Bertz CT molecular complexity index is 1310. The highest BCUT2D eigenvalue weighted by molar-refractivity contribution is 7.89. The number of aryl methyl sites for hydroxylation is 1. The summed E-state index contributed by atoms with van der Waals surface area (Å²) >= 11 is 7.93. The van der Waals surface area contributed by atoms with Crippen LogP contribution in [-0.4, -0.2) is 74.4 Å². The molecule has 35 heavy (non-hydrogen) atoms. The molecule has 0 spiro atoms. The van der Waals surface area contributed by atoms with Crippen LogP contribution < -0.4 is 9.64 Å². The number of piperazine rings is 1. The minimum absolute atomic E-state index is 0.123. The van der Waals surface area contributed by atoms with Crippen LogP contribution in [0.3, 0.4) is 0 Å². The average Bonchev–Trinajstić information content (AvgIpc) is 3.55. The molecule has 2 saturated heterocycles. The van der Waals surface area contributed by atoms with Crippen LogP contribution in [0.5, 0.6) is 5.75 Å². The standard InChI is InChI=1S/C24H27ClN4O4S2/c1-16-5-10-19(25)22-21(16)26-24(34-22)28-14-12-27(13-15-28)23(30)20-4-3-11-29(20)35(31,32)18-8-6-17(33-2)7-9-18/h5-10,20H,3-4,11-15H2,1-2H3. The van der Waals surface area contributed by atoms with Gasteiger partial charge in [0, 0.05) is 32.7 Å². The summed E-state index contributed by atoms with van der Waals surface area (Å²) in [5, 5.41) is 1.59. The number of carbonyl (C=O) groups excluding carboxylic acids is 1. The summed E-state index contributed by atoms with van der Waals surface area (Å²) in [7, 11) is -2.24. The van der Waals surface area contributed by atoms with Gasteiger partial charge in [0.2, 0.25) is 15.9 Å². The van der Waals surface area contributed by atoms with E-state index in [1.54, 1.807) is 28.4 Å². The Morgan fingerprint density at radius 2 is 1.80 bits per heavy atom. The fraction of sp³-hybridized carbons (Fsp3) is 0.417. The fourth-order valence-electron chi connectivity index (χ4n) is 4.71. The maximum Gasteiger partial charge on any atom is 0.243 e. The monoisotopic (exact) mass is 534 g/mol. The number of sulfonamides is 1. The van der Waals surface area contributed by atoms with Crippen molar-refractivity contribution >= 4 is 54.2 Å². The number of fused-ring (bicyclic) bond motifs is 1. The van der Waals surface area contributed by atoms with Crippen LogP contribution in [0.4, 0.5) is 5.13 Å². The topological polar surface area (TPSA) is 83.0 Å². The molecular weight excluding hydrogens is 508 g/mol. The molecule has 0 radical (unpaired) electrons. The zero-order chi connectivity index (χ0) is 24.7. The van der Waals surface area contributed by atoms with Gasteiger partial charge >= 0.3 is 0 Å². The second-order valence-corrected chi connectivity index (χ2v) is 12.1. The summed E-state index contributed by atoms with van der Waals surface area (Å²) in [6, 6.07) is 9.49. The van der Waals surface area contributed by atoms with Crippen molar-refractivity contribution in [3.8, 4) is 5.75 Å². The largest absolute Gasteiger partial charge is 0.497 e. The first-order chi connectivity index (χ1) is 16.8. The predicted molar refractivity (Wildman–Crippen MR) is 138 cm³/mol. The van der Waals surface area contributed by atoms with Crippen molar-refractivity contribution in [2.45, 2.75) is 30.7 Å². The Kier molecular flexibility index (Phi) is 6.65. The summed E-state index contributed by atoms with van der Waals surface area (Å²) in [6.07, 6.45) is 1.20. The van der Waals surface area contributed by atoms with E-state index in [1.165, 1.54) is 23.5 Å². The van der Waals surface area contributed by atoms with Gasteiger partial charge in [0.05, 0.1) is 27.2 Å². The number of methoxy groups -OCH3 is 1. The van der Waals surface area contributed by atoms with Gasteiger partial charge in [-0.2, -0.15) is 4.31 Å². The Labute approximate surface area is 214 Å². The molecule has 8 nitrogen and oxygen atoms in total. The van der Waals surface area contributed by atoms with E-state index in [0.717, 1.165) is 20.9 Å². The number of aromatic nitrogens is 1. The van der Waals surface area contributed by atoms with Crippen molar-refractivity contribution in [2.24, 2.45) is 0 Å². The van der Waals surface area contributed by atoms with Gasteiger partial charge in [0.25, 0.3) is 0 Å². The lowest BCUT2D eigenvalue weighted by molar-refractivity contribution is -0.134. The van der Waals surface area contributed by atoms with Crippen LogP contribution in [-0.2, 0) is 14.8 Å². The van der Waals surface area contributed by atoms with Gasteiger partial charge in [0.15, 0.2) is 5.13 Å². The zero-order valence-electron chi connectivity index (χ0n) is 19.6. The molecule has 1 aromatic heterocycles. The van der Waals surface area contributed by atoms with E-state index in [-0.39, 0.29) is 10.8 Å². The molecule has 5 rings (SSSR count). The van der Waals surface area contributed by atoms with Crippen molar-refractivity contribution < 1.29 is 17.9 Å². The van der Waals surface area contributed by atoms with E-state index < -0.39 is 16.1 Å². The summed E-state index contributed by atoms with van der Waals surface area (Å²) in [5.74, 6) is 0.462. The lowest BCUT2D eigenvalue weighted by atomic mass is 10.2. The number of nitrogens with zero attached hydrogens (tertiary/aromatic N) is 4. The second kappa shape index (κ2) is 9.57. The van der Waals surface area contributed by atoms with E-state index in [0.29, 0.717) is 56.3 Å². The molecule has 2 aliphatic rings. The first kappa shape index (κ1) is 24.3. The van der Waals surface area contributed by atoms with Gasteiger partial charge < -0.3 is 14.5 Å². The molecule has 0 aliphatic carbocycles. The number of anilines is 1. The van der Waals surface area contributed by atoms with Gasteiger partial charge in [-0.05, 0) is 55.7 Å². The molecule has 2 fully saturated rings. The van der Waals surface area contributed by atoms with Gasteiger partial charge in [0.1, 0.15) is 11.8 Å². The SMILES string of the molecule is COc1ccc(S(=O)(=O)N2CCCC2C(=O)N2CCN(c3nc4c(C)ccc(Cl)c4s3)CC2)cc1. The number of benzene rings is 2. The molecule has 1 unspecified atom stereocenters. The third-order valence-electron chi connectivity index (χ3n) is 6.70. The first-order valence-corrected chi connectivity index (χ1v) is 14.2. The van der Waals surface area contributed by atoms with Gasteiger partial charge in [-0.1, -0.05) is 29.0 Å². The predicted octanol–water partition coefficient (Wildman–Crippen LogP) is 3.77. The Hall–Kier alpha value is -2.40. The molecule has 0 N–H and O–H groups in total. The molecule has 3 heterocycles. The fourth-order valence-corrected chi connectivity index (χ4v) is 7.73. The van der Waals surface area contributed by atoms with Crippen molar-refractivity contribution in [3.05, 3.63) is 47.0 Å². The van der Waals surface area contributed by atoms with Gasteiger partial charge in [-0.25, -0.2) is 13.4 Å². The minimum atomic E-state index is -3.77. The van der Waals surface area contributed by atoms with Crippen LogP contribution in [0.25, 0.3) is 10.2 Å². The van der Waals surface area contributed by atoms with Crippen LogP contribution in [0.1, 0.15) is 18.4 Å². The molecule has 0 saturated carbocycles. The first-order valence-electron chi connectivity index (χ1n) is 11.5. The van der Waals surface area contributed by atoms with E-state index in [4.69, 9.17) is 21.3 Å². The number of rotatable bonds is 5. The van der Waals surface area contributed by atoms with Gasteiger partial charge in [-0.15, -0.1) is 0 Å². The van der Waals surface area contributed by atoms with Crippen molar-refractivity contribution in [2.75, 3.05) is 44.7 Å². The number of hydrogen-bond acceptors (Lipinski definition) is 7. The van der Waals surface area contributed by atoms with E-state index in [1.807, 2.05) is 19.1 Å². The van der Waals surface area contributed by atoms with E-state index in [2.05, 4.69) is 4.90 Å². The highest BCUT2D eigenvalue weighted by atomic mass is 35.5. The molecule has 0 bridgehead atoms. The number of hydrogen-bond donors (Lipinski definition) is 0. The number of thiazole rings is 1. The maximum absolute atomic E-state index is 13.4. The van der Waals surface area contributed by atoms with E-state index in [9.17, 15) is 13.2 Å². The molecule has 11 heteroatoms.